The summed E-state index contributed by atoms with van der Waals surface area (Å²) in [6, 6.07) is 9.32. The van der Waals surface area contributed by atoms with Gasteiger partial charge in [0.15, 0.2) is 15.0 Å². The average Bonchev–Trinajstić information content (AvgIpc) is 3.22. The van der Waals surface area contributed by atoms with E-state index in [-0.39, 0.29) is 24.0 Å². The number of aromatic nitrogens is 3. The van der Waals surface area contributed by atoms with Gasteiger partial charge in [0.2, 0.25) is 0 Å². The quantitative estimate of drug-likeness (QED) is 0.499. The molecule has 1 saturated heterocycles. The largest absolute Gasteiger partial charge is 0.491 e. The van der Waals surface area contributed by atoms with Gasteiger partial charge in [0.1, 0.15) is 18.2 Å². The fraction of sp³-hybridized carbons (Fsp3) is 0.444. The van der Waals surface area contributed by atoms with Crippen molar-refractivity contribution in [1.29, 1.82) is 0 Å². The number of hydrogen-bond acceptors (Lipinski definition) is 7. The Kier molecular flexibility index (Phi) is 6.56. The summed E-state index contributed by atoms with van der Waals surface area (Å²) < 4.78 is 31.0. The van der Waals surface area contributed by atoms with Crippen molar-refractivity contribution in [1.82, 2.24) is 14.8 Å². The summed E-state index contributed by atoms with van der Waals surface area (Å²) in [5.41, 5.74) is 0. The van der Waals surface area contributed by atoms with Gasteiger partial charge < -0.3 is 14.4 Å². The Balaban J connectivity index is 1.60. The van der Waals surface area contributed by atoms with Crippen LogP contribution >= 0.6 is 11.8 Å². The number of thioether (sulfide) groups is 1. The van der Waals surface area contributed by atoms with E-state index in [4.69, 9.17) is 4.74 Å². The predicted octanol–water partition coefficient (Wildman–Crippen LogP) is 1.90. The SMILES string of the molecule is C=CCn1c(SC[C@H](O)COc2ccccc2)nnc1[C@H]1CCS(=O)(=O)C1. The third kappa shape index (κ3) is 5.33. The molecular weight excluding hydrogens is 386 g/mol. The number of nitrogens with zero attached hydrogens (tertiary/aromatic N) is 3. The Morgan fingerprint density at radius 1 is 1.37 bits per heavy atom. The monoisotopic (exact) mass is 409 g/mol. The second-order valence-electron chi connectivity index (χ2n) is 6.43. The normalized spacial score (nSPS) is 19.7. The highest BCUT2D eigenvalue weighted by Crippen LogP contribution is 2.30. The summed E-state index contributed by atoms with van der Waals surface area (Å²) in [5.74, 6) is 1.94. The van der Waals surface area contributed by atoms with Gasteiger partial charge in [-0.15, -0.1) is 16.8 Å². The van der Waals surface area contributed by atoms with Crippen LogP contribution in [0.1, 0.15) is 18.2 Å². The van der Waals surface area contributed by atoms with Gasteiger partial charge >= 0.3 is 0 Å². The fourth-order valence-electron chi connectivity index (χ4n) is 2.94. The Morgan fingerprint density at radius 3 is 2.81 bits per heavy atom. The van der Waals surface area contributed by atoms with E-state index in [9.17, 15) is 13.5 Å². The van der Waals surface area contributed by atoms with Crippen LogP contribution in [-0.2, 0) is 16.4 Å². The van der Waals surface area contributed by atoms with Crippen LogP contribution in [0.2, 0.25) is 0 Å². The molecule has 2 atom stereocenters. The average molecular weight is 410 g/mol. The van der Waals surface area contributed by atoms with E-state index >= 15 is 0 Å². The highest BCUT2D eigenvalue weighted by Gasteiger charge is 2.33. The molecule has 1 fully saturated rings. The number of allylic oxidation sites excluding steroid dienone is 1. The van der Waals surface area contributed by atoms with Crippen LogP contribution in [0.5, 0.6) is 5.75 Å². The minimum Gasteiger partial charge on any atom is -0.491 e. The molecule has 0 amide bonds. The lowest BCUT2D eigenvalue weighted by Crippen LogP contribution is -2.20. The zero-order valence-corrected chi connectivity index (χ0v) is 16.5. The smallest absolute Gasteiger partial charge is 0.191 e. The van der Waals surface area contributed by atoms with Crippen molar-refractivity contribution in [2.45, 2.75) is 30.1 Å². The van der Waals surface area contributed by atoms with Crippen LogP contribution in [0.3, 0.4) is 0 Å². The maximum Gasteiger partial charge on any atom is 0.191 e. The number of rotatable bonds is 9. The van der Waals surface area contributed by atoms with E-state index in [1.807, 2.05) is 34.9 Å². The summed E-state index contributed by atoms with van der Waals surface area (Å²) in [6.07, 6.45) is 1.63. The van der Waals surface area contributed by atoms with Gasteiger partial charge in [0.05, 0.1) is 17.6 Å². The number of hydrogen-bond donors (Lipinski definition) is 1. The number of benzene rings is 1. The van der Waals surface area contributed by atoms with Gasteiger partial charge in [-0.05, 0) is 18.6 Å². The minimum absolute atomic E-state index is 0.112. The van der Waals surface area contributed by atoms with E-state index in [0.29, 0.717) is 35.4 Å². The van der Waals surface area contributed by atoms with Crippen LogP contribution in [0.4, 0.5) is 0 Å². The van der Waals surface area contributed by atoms with Gasteiger partial charge in [-0.1, -0.05) is 36.0 Å². The minimum atomic E-state index is -3.00. The molecule has 0 radical (unpaired) electrons. The highest BCUT2D eigenvalue weighted by molar-refractivity contribution is 7.99. The first-order valence-corrected chi connectivity index (χ1v) is 11.5. The lowest BCUT2D eigenvalue weighted by atomic mass is 10.1. The van der Waals surface area contributed by atoms with Crippen molar-refractivity contribution in [3.8, 4) is 5.75 Å². The van der Waals surface area contributed by atoms with Crippen molar-refractivity contribution in [2.75, 3.05) is 23.9 Å². The highest BCUT2D eigenvalue weighted by atomic mass is 32.2. The number of aliphatic hydroxyl groups is 1. The fourth-order valence-corrected chi connectivity index (χ4v) is 5.54. The second kappa shape index (κ2) is 8.90. The van der Waals surface area contributed by atoms with Crippen molar-refractivity contribution >= 4 is 21.6 Å². The van der Waals surface area contributed by atoms with Crippen LogP contribution in [0.25, 0.3) is 0 Å². The van der Waals surface area contributed by atoms with Gasteiger partial charge in [-0.2, -0.15) is 0 Å². The van der Waals surface area contributed by atoms with Crippen molar-refractivity contribution < 1.29 is 18.3 Å². The molecule has 1 aliphatic heterocycles. The number of para-hydroxylation sites is 1. The van der Waals surface area contributed by atoms with Crippen LogP contribution in [0.15, 0.2) is 48.1 Å². The molecule has 3 rings (SSSR count). The molecule has 1 aromatic carbocycles. The van der Waals surface area contributed by atoms with Crippen LogP contribution in [0, 0.1) is 0 Å². The zero-order chi connectivity index (χ0) is 19.3. The lowest BCUT2D eigenvalue weighted by molar-refractivity contribution is 0.126. The first-order chi connectivity index (χ1) is 13.0. The molecular formula is C18H23N3O4S2. The van der Waals surface area contributed by atoms with Gasteiger partial charge in [-0.3, -0.25) is 0 Å². The molecule has 0 saturated carbocycles. The molecule has 9 heteroatoms. The van der Waals surface area contributed by atoms with Crippen molar-refractivity contribution in [3.05, 3.63) is 48.8 Å². The maximum absolute atomic E-state index is 11.8. The van der Waals surface area contributed by atoms with Gasteiger partial charge in [0.25, 0.3) is 0 Å². The molecule has 2 heterocycles. The molecule has 7 nitrogen and oxygen atoms in total. The lowest BCUT2D eigenvalue weighted by Gasteiger charge is -2.13. The Hall–Kier alpha value is -1.84. The van der Waals surface area contributed by atoms with E-state index in [1.165, 1.54) is 11.8 Å². The van der Waals surface area contributed by atoms with E-state index in [1.54, 1.807) is 6.08 Å². The Labute approximate surface area is 163 Å². The number of ether oxygens (including phenoxy) is 1. The molecule has 27 heavy (non-hydrogen) atoms. The van der Waals surface area contributed by atoms with E-state index < -0.39 is 15.9 Å². The van der Waals surface area contributed by atoms with Gasteiger partial charge in [-0.25, -0.2) is 8.42 Å². The Morgan fingerprint density at radius 2 is 2.15 bits per heavy atom. The predicted molar refractivity (Wildman–Crippen MR) is 105 cm³/mol. The molecule has 1 aliphatic rings. The molecule has 0 spiro atoms. The molecule has 0 bridgehead atoms. The summed E-state index contributed by atoms with van der Waals surface area (Å²) in [6.45, 7) is 4.44. The Bertz CT molecular complexity index is 868. The third-order valence-corrected chi connectivity index (χ3v) is 7.12. The van der Waals surface area contributed by atoms with Gasteiger partial charge in [0, 0.05) is 18.2 Å². The first kappa shape index (κ1) is 19.9. The molecule has 1 N–H and O–H groups in total. The zero-order valence-electron chi connectivity index (χ0n) is 14.9. The van der Waals surface area contributed by atoms with E-state index in [0.717, 1.165) is 0 Å². The number of aliphatic hydroxyl groups excluding tert-OH is 1. The van der Waals surface area contributed by atoms with Crippen LogP contribution < -0.4 is 4.74 Å². The molecule has 146 valence electrons. The second-order valence-corrected chi connectivity index (χ2v) is 9.64. The van der Waals surface area contributed by atoms with E-state index in [2.05, 4.69) is 16.8 Å². The van der Waals surface area contributed by atoms with Crippen molar-refractivity contribution in [2.24, 2.45) is 0 Å². The summed E-state index contributed by atoms with van der Waals surface area (Å²) in [5, 5.41) is 19.2. The molecule has 0 aliphatic carbocycles. The maximum atomic E-state index is 11.8. The van der Waals surface area contributed by atoms with Crippen molar-refractivity contribution in [3.63, 3.8) is 0 Å². The summed E-state index contributed by atoms with van der Waals surface area (Å²) >= 11 is 1.37. The van der Waals surface area contributed by atoms with Crippen LogP contribution in [-0.4, -0.2) is 58.3 Å². The standard InChI is InChI=1S/C18H23N3O4S2/c1-2-9-21-17(14-8-10-27(23,24)13-14)19-20-18(21)26-12-15(22)11-25-16-6-4-3-5-7-16/h2-7,14-15,22H,1,8-13H2/t14-,15+/m0/s1. The molecule has 2 aromatic rings. The summed E-state index contributed by atoms with van der Waals surface area (Å²) in [4.78, 5) is 0. The first-order valence-electron chi connectivity index (χ1n) is 8.71. The molecule has 1 aromatic heterocycles. The molecule has 0 unspecified atom stereocenters. The number of sulfone groups is 1. The third-order valence-electron chi connectivity index (χ3n) is 4.25. The summed E-state index contributed by atoms with van der Waals surface area (Å²) in [7, 11) is -3.00. The topological polar surface area (TPSA) is 94.3 Å².